The number of nitrogens with one attached hydrogen (secondary N) is 5. The van der Waals surface area contributed by atoms with Crippen molar-refractivity contribution in [2.45, 2.75) is 96.9 Å². The number of carbonyl (C=O) groups is 6. The highest BCUT2D eigenvalue weighted by Gasteiger charge is 2.37. The fraction of sp³-hybridized carbons (Fsp3) is 0.240. The third-order valence-electron chi connectivity index (χ3n) is 24.8. The van der Waals surface area contributed by atoms with E-state index in [2.05, 4.69) is 58.3 Å². The van der Waals surface area contributed by atoms with Crippen LogP contribution in [-0.4, -0.2) is 210 Å². The Morgan fingerprint density at radius 3 is 1.27 bits per heavy atom. The number of halogens is 3. The van der Waals surface area contributed by atoms with Gasteiger partial charge < -0.3 is 57.9 Å². The van der Waals surface area contributed by atoms with Crippen LogP contribution in [0.25, 0.3) is 43.6 Å². The minimum absolute atomic E-state index is 0. The number of nitrogens with zero attached hydrogens (tertiary/aromatic N) is 16. The smallest absolute Gasteiger partial charge is 0.263 e. The summed E-state index contributed by atoms with van der Waals surface area (Å²) in [5.41, 5.74) is 6.15. The van der Waals surface area contributed by atoms with Crippen molar-refractivity contribution in [3.63, 3.8) is 0 Å². The zero-order chi connectivity index (χ0) is 100. The van der Waals surface area contributed by atoms with E-state index >= 15 is 0 Å². The fourth-order valence-electron chi connectivity index (χ4n) is 17.4. The summed E-state index contributed by atoms with van der Waals surface area (Å²) >= 11 is 10.6. The van der Waals surface area contributed by atoms with E-state index in [9.17, 15) is 71.2 Å². The second-order valence-electron chi connectivity index (χ2n) is 33.7. The Balaban J connectivity index is 0.000000185. The minimum atomic E-state index is -3.80. The van der Waals surface area contributed by atoms with Gasteiger partial charge in [-0.2, -0.15) is 4.37 Å². The lowest BCUT2D eigenvalue weighted by Crippen LogP contribution is -2.55. The number of hydrogen-bond donors (Lipinski definition) is 5. The number of thiazole rings is 3. The van der Waals surface area contributed by atoms with Gasteiger partial charge in [-0.05, 0) is 216 Å². The summed E-state index contributed by atoms with van der Waals surface area (Å²) in [7, 11) is -15.0. The maximum atomic E-state index is 14.1. The van der Waals surface area contributed by atoms with Crippen LogP contribution in [0.2, 0.25) is 5.02 Å². The summed E-state index contributed by atoms with van der Waals surface area (Å²) in [5, 5.41) is 12.9. The second-order valence-corrected chi connectivity index (χ2v) is 44.4. The van der Waals surface area contributed by atoms with E-state index in [0.29, 0.717) is 89.1 Å². The van der Waals surface area contributed by atoms with Crippen LogP contribution in [0.4, 0.5) is 52.1 Å². The highest BCUT2D eigenvalue weighted by molar-refractivity contribution is 7.94. The van der Waals surface area contributed by atoms with Crippen molar-refractivity contribution in [1.82, 2.24) is 62.6 Å². The fourth-order valence-corrected chi connectivity index (χ4v) is 24.6. The first-order valence-electron chi connectivity index (χ1n) is 44.7. The summed E-state index contributed by atoms with van der Waals surface area (Å²) in [4.78, 5) is 107. The lowest BCUT2D eigenvalue weighted by Gasteiger charge is -2.42. The van der Waals surface area contributed by atoms with Crippen molar-refractivity contribution in [2.75, 3.05) is 110 Å². The lowest BCUT2D eigenvalue weighted by molar-refractivity contribution is -0.139. The van der Waals surface area contributed by atoms with Gasteiger partial charge in [-0.1, -0.05) is 41.9 Å². The largest absolute Gasteiger partial charge is 0.369 e. The number of aromatic nitrogens is 9. The molecule has 4 aliphatic rings. The Bertz CT molecular complexity index is 7820. The van der Waals surface area contributed by atoms with Gasteiger partial charge in [0, 0.05) is 206 Å². The van der Waals surface area contributed by atoms with Gasteiger partial charge in [0.25, 0.3) is 40.1 Å². The highest BCUT2D eigenvalue weighted by atomic mass is 35.5. The van der Waals surface area contributed by atoms with Crippen molar-refractivity contribution in [3.05, 3.63) is 283 Å². The number of para-hydroxylation sites is 1. The summed E-state index contributed by atoms with van der Waals surface area (Å²) in [6.07, 6.45) is 13.9. The SMILES string of the molecule is CC(C(=O)N1CCN(c2ccc(S(=O)(=O)Nc3nccs3)cc2)C(=O)C1)n1ccc2cc(Cl)ccc21.CC1CN(c2ccc(S(=O)(=O)Nc3nccs3)cc2)CCN1C(=O)[C@@H](C)n1ccc2c(F)cccc21.C[C@H](C(=O)N1CCN(c2ccc(S(=O)(=O)Nc3nccs3)cc2)C(=O)C1)n1ccc2c(F)cccc21.C[C@H](C(=O)N[C@H]1CCN(c2ccc(S(=O)(=O)Nc3ncns3)cc2)C1)n1ccc2ccccc21.[HH].[HH].[HH].[HH].[HH].[HH]. The molecule has 46 heteroatoms. The van der Waals surface area contributed by atoms with Crippen LogP contribution >= 0.6 is 57.1 Å². The van der Waals surface area contributed by atoms with E-state index in [0.717, 1.165) is 57.7 Å². The van der Waals surface area contributed by atoms with E-state index in [1.807, 2.05) is 113 Å². The quantitative estimate of drug-likeness (QED) is 0.0355. The van der Waals surface area contributed by atoms with Crippen LogP contribution in [-0.2, 0) is 68.9 Å². The lowest BCUT2D eigenvalue weighted by atomic mass is 10.1. The second kappa shape index (κ2) is 42.4. The van der Waals surface area contributed by atoms with Gasteiger partial charge in [0.2, 0.25) is 40.6 Å². The molecule has 4 saturated heterocycles. The van der Waals surface area contributed by atoms with Crippen molar-refractivity contribution in [2.24, 2.45) is 0 Å². The Kier molecular flexibility index (Phi) is 29.7. The number of piperazine rings is 3. The maximum absolute atomic E-state index is 14.1. The number of hydrogen-bond acceptors (Lipinski definition) is 25. The van der Waals surface area contributed by atoms with E-state index in [1.165, 1.54) is 98.9 Å². The standard InChI is InChI=1S/C25H26FN5O3S2.C24H22ClN5O4S2.C24H22FN5O4S2.C23H24N6O3S2.6H2/c1-17-16-29(19-6-8-20(9-7-19)36(33,34)28-25-27-11-15-35-25)13-14-30(17)24(32)18(2)31-12-10-21-22(26)4-3-5-23(21)31;1-16(29-10-8-17-14-18(25)2-7-21(17)29)23(32)28-11-12-30(22(31)15-28)19-3-5-20(6-4-19)36(33,34)27-24-26-9-13-35-24;1-16(29-11-9-19-20(25)3-2-4-21(19)29)23(32)28-12-13-30(22(31)15-28)17-5-7-18(8-6-17)36(33,34)27-24-26-10-14-35-24;1-16(29-13-10-17-4-2-3-5-21(17)29)22(30)26-18-11-12-28(14-18)19-6-8-20(9-7-19)34(31,32)27-23-24-15-25-33-23;;;;;;/h3-12,15,17-18H,13-14,16H2,1-2H3,(H,27,28);2-10,13-14,16H,11-12,15H2,1H3,(H,26,27);2-11,14,16H,12-13,15H2,1H3,(H,26,27);2-10,13,15-16,18H,11-12,14H2,1H3,(H,26,30)(H,24,25,27);6*1H/t17?,18-;;16-;16-,18+;;;;;;/m1.11....../s1. The Morgan fingerprint density at radius 1 is 0.423 bits per heavy atom. The van der Waals surface area contributed by atoms with Crippen LogP contribution < -0.4 is 43.8 Å². The molecule has 8 aromatic heterocycles. The Hall–Kier alpha value is -14.1. The van der Waals surface area contributed by atoms with Crippen LogP contribution in [0.1, 0.15) is 73.8 Å². The number of amides is 6. The molecule has 0 spiro atoms. The zero-order valence-corrected chi connectivity index (χ0v) is 83.9. The molecule has 0 saturated carbocycles. The number of carbonyl (C=O) groups excluding carboxylic acids is 6. The van der Waals surface area contributed by atoms with Crippen molar-refractivity contribution in [1.29, 1.82) is 0 Å². The summed E-state index contributed by atoms with van der Waals surface area (Å²) in [5.74, 6) is -1.58. The van der Waals surface area contributed by atoms with Gasteiger partial charge >= 0.3 is 0 Å². The molecule has 142 heavy (non-hydrogen) atoms. The normalized spacial score (nSPS) is 16.3. The van der Waals surface area contributed by atoms with Crippen LogP contribution in [0.3, 0.4) is 0 Å². The molecule has 0 radical (unpaired) electrons. The molecule has 4 fully saturated rings. The number of sulfonamides is 4. The minimum Gasteiger partial charge on any atom is -0.369 e. The highest BCUT2D eigenvalue weighted by Crippen LogP contribution is 2.35. The Morgan fingerprint density at radius 2 is 0.831 bits per heavy atom. The van der Waals surface area contributed by atoms with Crippen LogP contribution in [0.5, 0.6) is 0 Å². The first-order chi connectivity index (χ1) is 68.1. The molecule has 16 aromatic rings. The molecule has 748 valence electrons. The van der Waals surface area contributed by atoms with Gasteiger partial charge in [0.15, 0.2) is 15.4 Å². The number of anilines is 8. The molecule has 2 unspecified atom stereocenters. The van der Waals surface area contributed by atoms with Crippen LogP contribution in [0.15, 0.2) is 286 Å². The van der Waals surface area contributed by atoms with Crippen molar-refractivity contribution < 1.29 is 79.8 Å². The van der Waals surface area contributed by atoms with Gasteiger partial charge in [0.05, 0.1) is 30.6 Å². The molecule has 6 amide bonds. The molecule has 35 nitrogen and oxygen atoms in total. The van der Waals surface area contributed by atoms with E-state index in [4.69, 9.17) is 11.6 Å². The molecule has 6 atom stereocenters. The number of benzene rings is 8. The predicted octanol–water partition coefficient (Wildman–Crippen LogP) is 16.5. The molecule has 4 aliphatic heterocycles. The third kappa shape index (κ3) is 22.1. The number of fused-ring (bicyclic) bond motifs is 4. The monoisotopic (exact) mass is 2110 g/mol. The van der Waals surface area contributed by atoms with Gasteiger partial charge in [0.1, 0.15) is 55.2 Å². The number of rotatable bonds is 25. The molecular weight excluding hydrogens is 2000 g/mol. The van der Waals surface area contributed by atoms with Crippen molar-refractivity contribution >= 4 is 220 Å². The molecule has 8 aromatic carbocycles. The maximum Gasteiger partial charge on any atom is 0.263 e. The van der Waals surface area contributed by atoms with E-state index in [-0.39, 0.29) is 128 Å². The van der Waals surface area contributed by atoms with Crippen molar-refractivity contribution in [3.8, 4) is 0 Å². The molecule has 0 aliphatic carbocycles. The van der Waals surface area contributed by atoms with Crippen LogP contribution in [0, 0.1) is 11.6 Å². The van der Waals surface area contributed by atoms with E-state index in [1.54, 1.807) is 165 Å². The predicted molar refractivity (Wildman–Crippen MR) is 559 cm³/mol. The zero-order valence-electron chi connectivity index (χ0n) is 76.6. The molecule has 5 N–H and O–H groups in total. The molecule has 0 bridgehead atoms. The topological polar surface area (TPSA) is 406 Å². The molecule has 12 heterocycles. The van der Waals surface area contributed by atoms with Gasteiger partial charge in [-0.25, -0.2) is 62.4 Å². The summed E-state index contributed by atoms with van der Waals surface area (Å²) in [6, 6.07) is 54.0. The van der Waals surface area contributed by atoms with E-state index < -0.39 is 58.2 Å². The Labute approximate surface area is 845 Å². The first kappa shape index (κ1) is 99.5. The van der Waals surface area contributed by atoms with Gasteiger partial charge in [-0.15, -0.1) is 34.0 Å². The molecule has 20 rings (SSSR count). The molecular formula is C96H106ClF2N21O14S8. The third-order valence-corrected chi connectivity index (χ3v) is 33.7. The summed E-state index contributed by atoms with van der Waals surface area (Å²) < 4.78 is 149. The average Bonchev–Trinajstić information content (AvgIpc) is 1.59. The van der Waals surface area contributed by atoms with Gasteiger partial charge in [-0.3, -0.25) is 47.7 Å². The summed E-state index contributed by atoms with van der Waals surface area (Å²) in [6.45, 7) is 13.6. The first-order valence-corrected chi connectivity index (χ1v) is 54.4. The average molecular weight is 2110 g/mol.